The number of hydrogen-bond donors (Lipinski definition) is 1. The molecule has 22 heavy (non-hydrogen) atoms. The molecule has 0 aliphatic carbocycles. The van der Waals surface area contributed by atoms with E-state index in [1.807, 2.05) is 26.0 Å². The smallest absolute Gasteiger partial charge is 0.259 e. The molecule has 1 saturated heterocycles. The Balaban J connectivity index is 1.74. The number of anilines is 1. The molecule has 0 amide bonds. The SMILES string of the molecule is CC(C)c1noc(-c2ccc(N3CCC[C@@H](CO)C3)nc2)n1. The average Bonchev–Trinajstić information content (AvgIpc) is 3.05. The predicted octanol–water partition coefficient (Wildman–Crippen LogP) is 2.46. The van der Waals surface area contributed by atoms with Crippen LogP contribution in [0.2, 0.25) is 0 Å². The van der Waals surface area contributed by atoms with E-state index in [0.717, 1.165) is 37.3 Å². The van der Waals surface area contributed by atoms with Crippen LogP contribution in [0, 0.1) is 5.92 Å². The van der Waals surface area contributed by atoms with E-state index < -0.39 is 0 Å². The number of aliphatic hydroxyl groups is 1. The van der Waals surface area contributed by atoms with Crippen molar-refractivity contribution in [3.8, 4) is 11.5 Å². The van der Waals surface area contributed by atoms with Crippen LogP contribution < -0.4 is 4.90 Å². The maximum absolute atomic E-state index is 9.32. The second-order valence-electron chi connectivity index (χ2n) is 6.15. The summed E-state index contributed by atoms with van der Waals surface area (Å²) < 4.78 is 5.28. The van der Waals surface area contributed by atoms with Crippen LogP contribution in [0.5, 0.6) is 0 Å². The van der Waals surface area contributed by atoms with Gasteiger partial charge in [-0.3, -0.25) is 0 Å². The van der Waals surface area contributed by atoms with Crippen LogP contribution in [-0.2, 0) is 0 Å². The lowest BCUT2D eigenvalue weighted by atomic mass is 9.99. The first-order valence-corrected chi connectivity index (χ1v) is 7.83. The van der Waals surface area contributed by atoms with Gasteiger partial charge in [0.15, 0.2) is 5.82 Å². The van der Waals surface area contributed by atoms with Gasteiger partial charge in [0, 0.05) is 31.8 Å². The van der Waals surface area contributed by atoms with Crippen LogP contribution in [-0.4, -0.2) is 39.9 Å². The highest BCUT2D eigenvalue weighted by Gasteiger charge is 2.20. The fourth-order valence-electron chi connectivity index (χ4n) is 2.71. The Labute approximate surface area is 130 Å². The van der Waals surface area contributed by atoms with Crippen LogP contribution in [0.15, 0.2) is 22.9 Å². The number of aromatic nitrogens is 3. The summed E-state index contributed by atoms with van der Waals surface area (Å²) in [5, 5.41) is 13.3. The van der Waals surface area contributed by atoms with Crippen molar-refractivity contribution in [1.82, 2.24) is 15.1 Å². The highest BCUT2D eigenvalue weighted by molar-refractivity contribution is 5.54. The van der Waals surface area contributed by atoms with Crippen molar-refractivity contribution in [3.05, 3.63) is 24.2 Å². The molecule has 3 rings (SSSR count). The second kappa shape index (κ2) is 6.44. The molecule has 6 nitrogen and oxygen atoms in total. The molecule has 1 aliphatic heterocycles. The van der Waals surface area contributed by atoms with E-state index in [2.05, 4.69) is 20.0 Å². The first-order chi connectivity index (χ1) is 10.7. The summed E-state index contributed by atoms with van der Waals surface area (Å²) in [5.74, 6) is 2.74. The van der Waals surface area contributed by atoms with Gasteiger partial charge in [0.2, 0.25) is 0 Å². The number of nitrogens with zero attached hydrogens (tertiary/aromatic N) is 4. The van der Waals surface area contributed by atoms with Gasteiger partial charge in [-0.1, -0.05) is 19.0 Å². The van der Waals surface area contributed by atoms with Crippen molar-refractivity contribution < 1.29 is 9.63 Å². The molecule has 0 aromatic carbocycles. The van der Waals surface area contributed by atoms with Crippen molar-refractivity contribution in [3.63, 3.8) is 0 Å². The molecule has 2 aromatic heterocycles. The molecule has 0 unspecified atom stereocenters. The summed E-state index contributed by atoms with van der Waals surface area (Å²) >= 11 is 0. The Morgan fingerprint density at radius 2 is 2.27 bits per heavy atom. The van der Waals surface area contributed by atoms with Gasteiger partial charge < -0.3 is 14.5 Å². The molecule has 1 atom stereocenters. The van der Waals surface area contributed by atoms with E-state index in [-0.39, 0.29) is 12.5 Å². The molecule has 3 heterocycles. The van der Waals surface area contributed by atoms with E-state index in [1.54, 1.807) is 6.20 Å². The monoisotopic (exact) mass is 302 g/mol. The minimum Gasteiger partial charge on any atom is -0.396 e. The van der Waals surface area contributed by atoms with Gasteiger partial charge in [0.05, 0.1) is 5.56 Å². The largest absolute Gasteiger partial charge is 0.396 e. The van der Waals surface area contributed by atoms with Crippen LogP contribution >= 0.6 is 0 Å². The topological polar surface area (TPSA) is 75.3 Å². The zero-order valence-electron chi connectivity index (χ0n) is 13.1. The number of piperidine rings is 1. The standard InChI is InChI=1S/C16H22N4O2/c1-11(2)15-18-16(22-19-15)13-5-6-14(17-8-13)20-7-3-4-12(9-20)10-21/h5-6,8,11-12,21H,3-4,7,9-10H2,1-2H3/t12-/m1/s1. The molecule has 1 fully saturated rings. The summed E-state index contributed by atoms with van der Waals surface area (Å²) in [6.07, 6.45) is 3.95. The van der Waals surface area contributed by atoms with Crippen molar-refractivity contribution in [2.75, 3.05) is 24.6 Å². The highest BCUT2D eigenvalue weighted by atomic mass is 16.5. The first-order valence-electron chi connectivity index (χ1n) is 7.83. The lowest BCUT2D eigenvalue weighted by Gasteiger charge is -2.32. The summed E-state index contributed by atoms with van der Waals surface area (Å²) in [4.78, 5) is 11.1. The molecule has 6 heteroatoms. The maximum atomic E-state index is 9.32. The summed E-state index contributed by atoms with van der Waals surface area (Å²) in [5.41, 5.74) is 0.832. The lowest BCUT2D eigenvalue weighted by Crippen LogP contribution is -2.37. The van der Waals surface area contributed by atoms with Gasteiger partial charge in [-0.15, -0.1) is 0 Å². The van der Waals surface area contributed by atoms with Crippen molar-refractivity contribution in [2.45, 2.75) is 32.6 Å². The Kier molecular flexibility index (Phi) is 4.38. The zero-order valence-corrected chi connectivity index (χ0v) is 13.1. The molecule has 2 aromatic rings. The van der Waals surface area contributed by atoms with Crippen LogP contribution in [0.1, 0.15) is 38.4 Å². The third-order valence-electron chi connectivity index (χ3n) is 4.05. The minimum atomic E-state index is 0.244. The summed E-state index contributed by atoms with van der Waals surface area (Å²) in [6, 6.07) is 3.94. The van der Waals surface area contributed by atoms with Gasteiger partial charge in [-0.2, -0.15) is 4.98 Å². The van der Waals surface area contributed by atoms with Crippen molar-refractivity contribution in [1.29, 1.82) is 0 Å². The van der Waals surface area contributed by atoms with E-state index >= 15 is 0 Å². The quantitative estimate of drug-likeness (QED) is 0.935. The van der Waals surface area contributed by atoms with E-state index in [4.69, 9.17) is 4.52 Å². The number of hydrogen-bond acceptors (Lipinski definition) is 6. The molecule has 0 bridgehead atoms. The van der Waals surface area contributed by atoms with Crippen molar-refractivity contribution >= 4 is 5.82 Å². The van der Waals surface area contributed by atoms with Gasteiger partial charge in [-0.25, -0.2) is 4.98 Å². The second-order valence-corrected chi connectivity index (χ2v) is 6.15. The Hall–Kier alpha value is -1.95. The van der Waals surface area contributed by atoms with Gasteiger partial charge >= 0.3 is 0 Å². The van der Waals surface area contributed by atoms with E-state index in [1.165, 1.54) is 0 Å². The van der Waals surface area contributed by atoms with Gasteiger partial charge in [0.25, 0.3) is 5.89 Å². The molecule has 1 N–H and O–H groups in total. The number of rotatable bonds is 4. The molecular formula is C16H22N4O2. The Bertz CT molecular complexity index is 609. The maximum Gasteiger partial charge on any atom is 0.259 e. The number of aliphatic hydroxyl groups excluding tert-OH is 1. The Morgan fingerprint density at radius 1 is 1.41 bits per heavy atom. The minimum absolute atomic E-state index is 0.244. The van der Waals surface area contributed by atoms with Crippen LogP contribution in [0.25, 0.3) is 11.5 Å². The van der Waals surface area contributed by atoms with Gasteiger partial charge in [0.1, 0.15) is 5.82 Å². The summed E-state index contributed by atoms with van der Waals surface area (Å²) in [6.45, 7) is 6.16. The van der Waals surface area contributed by atoms with Gasteiger partial charge in [-0.05, 0) is 30.9 Å². The summed E-state index contributed by atoms with van der Waals surface area (Å²) in [7, 11) is 0. The lowest BCUT2D eigenvalue weighted by molar-refractivity contribution is 0.208. The normalized spacial score (nSPS) is 18.9. The molecule has 118 valence electrons. The average molecular weight is 302 g/mol. The molecule has 0 saturated carbocycles. The first kappa shape index (κ1) is 15.0. The van der Waals surface area contributed by atoms with Crippen LogP contribution in [0.3, 0.4) is 0 Å². The fourth-order valence-corrected chi connectivity index (χ4v) is 2.71. The highest BCUT2D eigenvalue weighted by Crippen LogP contribution is 2.24. The van der Waals surface area contributed by atoms with E-state index in [9.17, 15) is 5.11 Å². The molecule has 0 spiro atoms. The fraction of sp³-hybridized carbons (Fsp3) is 0.562. The molecule has 1 aliphatic rings. The van der Waals surface area contributed by atoms with Crippen molar-refractivity contribution in [2.24, 2.45) is 5.92 Å². The predicted molar refractivity (Wildman–Crippen MR) is 83.6 cm³/mol. The van der Waals surface area contributed by atoms with E-state index in [0.29, 0.717) is 17.6 Å². The third-order valence-corrected chi connectivity index (χ3v) is 4.05. The molecule has 0 radical (unpaired) electrons. The molecular weight excluding hydrogens is 280 g/mol. The Morgan fingerprint density at radius 3 is 2.91 bits per heavy atom. The zero-order chi connectivity index (χ0) is 15.5. The van der Waals surface area contributed by atoms with Crippen LogP contribution in [0.4, 0.5) is 5.82 Å². The third kappa shape index (κ3) is 3.11. The number of pyridine rings is 1.